The summed E-state index contributed by atoms with van der Waals surface area (Å²) in [5.41, 5.74) is 1.62. The standard InChI is InChI=1S/C19H25N5O3/c1-15(21-22-6-10-26-11-7-22)14-18-20-17-5-3-2-4-16(17)19(25)24(18)23-8-12-27-13-9-23/h2-5H,6-14H2,1H3. The van der Waals surface area contributed by atoms with Crippen molar-refractivity contribution >= 4 is 16.6 Å². The van der Waals surface area contributed by atoms with E-state index in [-0.39, 0.29) is 5.56 Å². The molecule has 0 N–H and O–H groups in total. The average Bonchev–Trinajstić information content (AvgIpc) is 2.69. The van der Waals surface area contributed by atoms with Gasteiger partial charge < -0.3 is 14.5 Å². The third-order valence-electron chi connectivity index (χ3n) is 4.80. The molecular weight excluding hydrogens is 346 g/mol. The van der Waals surface area contributed by atoms with Crippen LogP contribution in [0.1, 0.15) is 12.7 Å². The second kappa shape index (κ2) is 8.06. The molecule has 4 rings (SSSR count). The van der Waals surface area contributed by atoms with Crippen LogP contribution in [0.5, 0.6) is 0 Å². The lowest BCUT2D eigenvalue weighted by Gasteiger charge is -2.32. The van der Waals surface area contributed by atoms with Gasteiger partial charge in [0.1, 0.15) is 5.82 Å². The highest BCUT2D eigenvalue weighted by molar-refractivity contribution is 5.84. The molecule has 0 radical (unpaired) electrons. The lowest BCUT2D eigenvalue weighted by molar-refractivity contribution is 0.0392. The molecule has 2 aliphatic rings. The van der Waals surface area contributed by atoms with E-state index in [1.54, 1.807) is 4.68 Å². The van der Waals surface area contributed by atoms with Crippen LogP contribution in [-0.4, -0.2) is 73.0 Å². The third kappa shape index (κ3) is 3.96. The predicted molar refractivity (Wildman–Crippen MR) is 104 cm³/mol. The molecule has 0 aliphatic carbocycles. The van der Waals surface area contributed by atoms with E-state index in [9.17, 15) is 4.79 Å². The second-order valence-corrected chi connectivity index (χ2v) is 6.81. The quantitative estimate of drug-likeness (QED) is 0.734. The topological polar surface area (TPSA) is 72.2 Å². The summed E-state index contributed by atoms with van der Waals surface area (Å²) >= 11 is 0. The number of hydrazone groups is 1. The monoisotopic (exact) mass is 371 g/mol. The molecule has 0 saturated carbocycles. The number of hydrogen-bond donors (Lipinski definition) is 0. The van der Waals surface area contributed by atoms with Gasteiger partial charge in [-0.25, -0.2) is 9.66 Å². The zero-order valence-electron chi connectivity index (χ0n) is 15.6. The van der Waals surface area contributed by atoms with Crippen molar-refractivity contribution in [3.8, 4) is 0 Å². The summed E-state index contributed by atoms with van der Waals surface area (Å²) in [5, 5.41) is 9.39. The van der Waals surface area contributed by atoms with E-state index in [0.717, 1.165) is 30.1 Å². The number of benzene rings is 1. The summed E-state index contributed by atoms with van der Waals surface area (Å²) in [5.74, 6) is 0.718. The van der Waals surface area contributed by atoms with E-state index < -0.39 is 0 Å². The van der Waals surface area contributed by atoms with Crippen molar-refractivity contribution in [2.75, 3.05) is 57.6 Å². The molecule has 8 nitrogen and oxygen atoms in total. The molecule has 0 unspecified atom stereocenters. The Morgan fingerprint density at radius 1 is 1.07 bits per heavy atom. The molecule has 27 heavy (non-hydrogen) atoms. The number of para-hydroxylation sites is 1. The normalized spacial score (nSPS) is 18.9. The Morgan fingerprint density at radius 3 is 2.48 bits per heavy atom. The van der Waals surface area contributed by atoms with Gasteiger partial charge in [0.05, 0.1) is 63.5 Å². The molecule has 2 aromatic rings. The fourth-order valence-electron chi connectivity index (χ4n) is 3.49. The van der Waals surface area contributed by atoms with Crippen LogP contribution in [0.15, 0.2) is 34.2 Å². The largest absolute Gasteiger partial charge is 0.378 e. The summed E-state index contributed by atoms with van der Waals surface area (Å²) in [6, 6.07) is 7.50. The first-order valence-electron chi connectivity index (χ1n) is 9.43. The second-order valence-electron chi connectivity index (χ2n) is 6.81. The Balaban J connectivity index is 1.71. The Labute approximate surface area is 158 Å². The summed E-state index contributed by atoms with van der Waals surface area (Å²) in [6.07, 6.45) is 0.523. The van der Waals surface area contributed by atoms with E-state index >= 15 is 0 Å². The first kappa shape index (κ1) is 17.9. The number of rotatable bonds is 4. The minimum Gasteiger partial charge on any atom is -0.378 e. The van der Waals surface area contributed by atoms with Crippen molar-refractivity contribution in [3.05, 3.63) is 40.4 Å². The number of ether oxygens (including phenoxy) is 2. The van der Waals surface area contributed by atoms with Gasteiger partial charge in [0.2, 0.25) is 0 Å². The zero-order chi connectivity index (χ0) is 18.6. The van der Waals surface area contributed by atoms with Crippen molar-refractivity contribution in [1.82, 2.24) is 14.7 Å². The zero-order valence-corrected chi connectivity index (χ0v) is 15.6. The smallest absolute Gasteiger partial charge is 0.280 e. The van der Waals surface area contributed by atoms with Gasteiger partial charge in [-0.05, 0) is 19.1 Å². The van der Waals surface area contributed by atoms with Crippen molar-refractivity contribution in [3.63, 3.8) is 0 Å². The summed E-state index contributed by atoms with van der Waals surface area (Å²) in [6.45, 7) is 7.53. The van der Waals surface area contributed by atoms with Gasteiger partial charge in [0.25, 0.3) is 5.56 Å². The molecular formula is C19H25N5O3. The number of fused-ring (bicyclic) bond motifs is 1. The number of nitrogens with zero attached hydrogens (tertiary/aromatic N) is 5. The highest BCUT2D eigenvalue weighted by atomic mass is 16.5. The number of morpholine rings is 2. The summed E-state index contributed by atoms with van der Waals surface area (Å²) in [4.78, 5) is 18.0. The number of aromatic nitrogens is 2. The van der Waals surface area contributed by atoms with E-state index in [1.807, 2.05) is 41.2 Å². The Kier molecular flexibility index (Phi) is 5.35. The molecule has 3 heterocycles. The van der Waals surface area contributed by atoms with Crippen molar-refractivity contribution in [2.45, 2.75) is 13.3 Å². The molecule has 2 saturated heterocycles. The Bertz CT molecular complexity index is 883. The van der Waals surface area contributed by atoms with Crippen molar-refractivity contribution in [1.29, 1.82) is 0 Å². The van der Waals surface area contributed by atoms with Crippen LogP contribution in [0.4, 0.5) is 0 Å². The fraction of sp³-hybridized carbons (Fsp3) is 0.526. The lowest BCUT2D eigenvalue weighted by atomic mass is 10.2. The highest BCUT2D eigenvalue weighted by Gasteiger charge is 2.19. The van der Waals surface area contributed by atoms with Crippen LogP contribution in [0.25, 0.3) is 10.9 Å². The van der Waals surface area contributed by atoms with E-state index in [4.69, 9.17) is 19.6 Å². The lowest BCUT2D eigenvalue weighted by Crippen LogP contribution is -2.50. The highest BCUT2D eigenvalue weighted by Crippen LogP contribution is 2.11. The van der Waals surface area contributed by atoms with E-state index in [0.29, 0.717) is 51.3 Å². The van der Waals surface area contributed by atoms with E-state index in [2.05, 4.69) is 0 Å². The minimum atomic E-state index is -0.0309. The van der Waals surface area contributed by atoms with Gasteiger partial charge in [-0.15, -0.1) is 0 Å². The van der Waals surface area contributed by atoms with Crippen LogP contribution in [0, 0.1) is 0 Å². The fourth-order valence-corrected chi connectivity index (χ4v) is 3.49. The molecule has 2 aliphatic heterocycles. The molecule has 0 atom stereocenters. The predicted octanol–water partition coefficient (Wildman–Crippen LogP) is 0.615. The minimum absolute atomic E-state index is 0.0309. The van der Waals surface area contributed by atoms with Crippen LogP contribution < -0.4 is 10.6 Å². The molecule has 2 fully saturated rings. The average molecular weight is 371 g/mol. The van der Waals surface area contributed by atoms with E-state index in [1.165, 1.54) is 0 Å². The van der Waals surface area contributed by atoms with Gasteiger partial charge in [-0.2, -0.15) is 5.10 Å². The molecule has 0 spiro atoms. The van der Waals surface area contributed by atoms with Crippen molar-refractivity contribution < 1.29 is 9.47 Å². The van der Waals surface area contributed by atoms with Gasteiger partial charge in [0.15, 0.2) is 0 Å². The SMILES string of the molecule is CC(Cc1nc2ccccc2c(=O)n1N1CCOCC1)=NN1CCOCC1. The molecule has 0 amide bonds. The number of hydrogen-bond acceptors (Lipinski definition) is 7. The molecule has 1 aromatic carbocycles. The van der Waals surface area contributed by atoms with Gasteiger partial charge in [-0.3, -0.25) is 9.80 Å². The maximum absolute atomic E-state index is 13.2. The van der Waals surface area contributed by atoms with Gasteiger partial charge in [0, 0.05) is 12.1 Å². The summed E-state index contributed by atoms with van der Waals surface area (Å²) in [7, 11) is 0. The third-order valence-corrected chi connectivity index (χ3v) is 4.80. The molecule has 0 bridgehead atoms. The Hall–Kier alpha value is -2.45. The van der Waals surface area contributed by atoms with Gasteiger partial charge in [-0.1, -0.05) is 12.1 Å². The Morgan fingerprint density at radius 2 is 1.74 bits per heavy atom. The van der Waals surface area contributed by atoms with Crippen molar-refractivity contribution in [2.24, 2.45) is 5.10 Å². The maximum atomic E-state index is 13.2. The van der Waals surface area contributed by atoms with Crippen LogP contribution in [0.3, 0.4) is 0 Å². The van der Waals surface area contributed by atoms with Crippen LogP contribution in [0.2, 0.25) is 0 Å². The van der Waals surface area contributed by atoms with Crippen LogP contribution >= 0.6 is 0 Å². The first-order valence-corrected chi connectivity index (χ1v) is 9.43. The molecule has 1 aromatic heterocycles. The van der Waals surface area contributed by atoms with Crippen LogP contribution in [-0.2, 0) is 15.9 Å². The molecule has 144 valence electrons. The van der Waals surface area contributed by atoms with Gasteiger partial charge >= 0.3 is 0 Å². The molecule has 8 heteroatoms. The summed E-state index contributed by atoms with van der Waals surface area (Å²) < 4.78 is 12.6. The first-order chi connectivity index (χ1) is 13.2. The maximum Gasteiger partial charge on any atom is 0.280 e.